The lowest BCUT2D eigenvalue weighted by molar-refractivity contribution is -0.122. The molecule has 1 aromatic carbocycles. The van der Waals surface area contributed by atoms with Crippen molar-refractivity contribution in [1.82, 2.24) is 10.2 Å². The van der Waals surface area contributed by atoms with E-state index in [4.69, 9.17) is 5.73 Å². The van der Waals surface area contributed by atoms with Crippen molar-refractivity contribution in [3.63, 3.8) is 0 Å². The Hall–Kier alpha value is -1.39. The molecule has 3 N–H and O–H groups in total. The Morgan fingerprint density at radius 1 is 1.40 bits per heavy atom. The standard InChI is InChI=1S/C16H25N3O/c1-13-4-6-14(7-5-13)10-18-16(20)12-19-8-2-3-15(9-17)11-19/h4-7,15H,2-3,8-12,17H2,1H3,(H,18,20). The van der Waals surface area contributed by atoms with Gasteiger partial charge in [0.15, 0.2) is 0 Å². The quantitative estimate of drug-likeness (QED) is 0.851. The summed E-state index contributed by atoms with van der Waals surface area (Å²) in [7, 11) is 0. The molecule has 1 aliphatic heterocycles. The van der Waals surface area contributed by atoms with Gasteiger partial charge in [-0.15, -0.1) is 0 Å². The van der Waals surface area contributed by atoms with E-state index in [9.17, 15) is 4.79 Å². The van der Waals surface area contributed by atoms with Gasteiger partial charge in [0.1, 0.15) is 0 Å². The van der Waals surface area contributed by atoms with Crippen molar-refractivity contribution in [2.75, 3.05) is 26.2 Å². The Bertz CT molecular complexity index is 430. The minimum Gasteiger partial charge on any atom is -0.351 e. The molecule has 0 aliphatic carbocycles. The van der Waals surface area contributed by atoms with Gasteiger partial charge < -0.3 is 11.1 Å². The highest BCUT2D eigenvalue weighted by atomic mass is 16.2. The van der Waals surface area contributed by atoms with Crippen LogP contribution in [-0.4, -0.2) is 37.0 Å². The van der Waals surface area contributed by atoms with E-state index in [1.54, 1.807) is 0 Å². The first-order chi connectivity index (χ1) is 9.67. The number of carbonyl (C=O) groups is 1. The summed E-state index contributed by atoms with van der Waals surface area (Å²) in [5, 5.41) is 2.99. The van der Waals surface area contributed by atoms with E-state index in [0.29, 0.717) is 19.0 Å². The van der Waals surface area contributed by atoms with Crippen LogP contribution in [-0.2, 0) is 11.3 Å². The fourth-order valence-electron chi connectivity index (χ4n) is 2.65. The largest absolute Gasteiger partial charge is 0.351 e. The maximum atomic E-state index is 12.0. The molecule has 0 spiro atoms. The topological polar surface area (TPSA) is 58.4 Å². The summed E-state index contributed by atoms with van der Waals surface area (Å²) < 4.78 is 0. The Morgan fingerprint density at radius 3 is 2.85 bits per heavy atom. The summed E-state index contributed by atoms with van der Waals surface area (Å²) in [6.45, 7) is 5.84. The van der Waals surface area contributed by atoms with Crippen molar-refractivity contribution < 1.29 is 4.79 Å². The lowest BCUT2D eigenvalue weighted by Crippen LogP contribution is -2.43. The molecule has 20 heavy (non-hydrogen) atoms. The van der Waals surface area contributed by atoms with Crippen molar-refractivity contribution in [1.29, 1.82) is 0 Å². The van der Waals surface area contributed by atoms with Crippen LogP contribution in [0.3, 0.4) is 0 Å². The Balaban J connectivity index is 1.73. The zero-order valence-electron chi connectivity index (χ0n) is 12.3. The Labute approximate surface area is 121 Å². The second-order valence-corrected chi connectivity index (χ2v) is 5.74. The van der Waals surface area contributed by atoms with E-state index in [1.807, 2.05) is 0 Å². The SMILES string of the molecule is Cc1ccc(CNC(=O)CN2CCCC(CN)C2)cc1. The van der Waals surface area contributed by atoms with E-state index in [-0.39, 0.29) is 5.91 Å². The zero-order chi connectivity index (χ0) is 14.4. The molecule has 1 amide bonds. The first-order valence-corrected chi connectivity index (χ1v) is 7.42. The smallest absolute Gasteiger partial charge is 0.234 e. The lowest BCUT2D eigenvalue weighted by atomic mass is 9.98. The Morgan fingerprint density at radius 2 is 2.15 bits per heavy atom. The molecule has 1 aliphatic rings. The third-order valence-electron chi connectivity index (χ3n) is 3.91. The number of rotatable bonds is 5. The molecule has 0 bridgehead atoms. The molecule has 4 heteroatoms. The number of nitrogens with zero attached hydrogens (tertiary/aromatic N) is 1. The van der Waals surface area contributed by atoms with Crippen LogP contribution in [0.4, 0.5) is 0 Å². The first-order valence-electron chi connectivity index (χ1n) is 7.42. The molecule has 110 valence electrons. The maximum absolute atomic E-state index is 12.0. The predicted molar refractivity (Wildman–Crippen MR) is 81.2 cm³/mol. The number of benzene rings is 1. The van der Waals surface area contributed by atoms with Crippen molar-refractivity contribution in [3.05, 3.63) is 35.4 Å². The lowest BCUT2D eigenvalue weighted by Gasteiger charge is -2.31. The Kier molecular flexibility index (Phi) is 5.56. The van der Waals surface area contributed by atoms with Gasteiger partial charge in [0.25, 0.3) is 0 Å². The summed E-state index contributed by atoms with van der Waals surface area (Å²) >= 11 is 0. The molecule has 1 unspecified atom stereocenters. The molecule has 0 saturated carbocycles. The van der Waals surface area contributed by atoms with Crippen molar-refractivity contribution >= 4 is 5.91 Å². The molecule has 0 aromatic heterocycles. The van der Waals surface area contributed by atoms with Gasteiger partial charge in [-0.25, -0.2) is 0 Å². The number of nitrogens with two attached hydrogens (primary N) is 1. The molecule has 0 radical (unpaired) electrons. The minimum atomic E-state index is 0.100. The highest BCUT2D eigenvalue weighted by Crippen LogP contribution is 2.14. The van der Waals surface area contributed by atoms with Gasteiger partial charge in [-0.05, 0) is 44.3 Å². The zero-order valence-corrected chi connectivity index (χ0v) is 12.3. The van der Waals surface area contributed by atoms with E-state index < -0.39 is 0 Å². The minimum absolute atomic E-state index is 0.100. The van der Waals surface area contributed by atoms with Crippen LogP contribution < -0.4 is 11.1 Å². The summed E-state index contributed by atoms with van der Waals surface area (Å²) in [6.07, 6.45) is 2.34. The summed E-state index contributed by atoms with van der Waals surface area (Å²) in [6, 6.07) is 8.25. The van der Waals surface area contributed by atoms with E-state index in [2.05, 4.69) is 41.4 Å². The van der Waals surface area contributed by atoms with Crippen molar-refractivity contribution in [3.8, 4) is 0 Å². The number of carbonyl (C=O) groups excluding carboxylic acids is 1. The van der Waals surface area contributed by atoms with Crippen LogP contribution in [0.15, 0.2) is 24.3 Å². The highest BCUT2D eigenvalue weighted by molar-refractivity contribution is 5.78. The number of hydrogen-bond donors (Lipinski definition) is 2. The number of aryl methyl sites for hydroxylation is 1. The molecule has 1 heterocycles. The molecular weight excluding hydrogens is 250 g/mol. The van der Waals surface area contributed by atoms with Gasteiger partial charge in [0.05, 0.1) is 6.54 Å². The number of likely N-dealkylation sites (tertiary alicyclic amines) is 1. The van der Waals surface area contributed by atoms with Crippen molar-refractivity contribution in [2.45, 2.75) is 26.3 Å². The molecule has 4 nitrogen and oxygen atoms in total. The molecule has 1 saturated heterocycles. The number of nitrogens with one attached hydrogen (secondary N) is 1. The van der Waals surface area contributed by atoms with E-state index in [0.717, 1.165) is 31.6 Å². The predicted octanol–water partition coefficient (Wildman–Crippen LogP) is 1.28. The first kappa shape index (κ1) is 15.0. The second-order valence-electron chi connectivity index (χ2n) is 5.74. The van der Waals surface area contributed by atoms with Crippen LogP contribution in [0.2, 0.25) is 0 Å². The molecule has 1 atom stereocenters. The van der Waals surface area contributed by atoms with Gasteiger partial charge in [-0.2, -0.15) is 0 Å². The monoisotopic (exact) mass is 275 g/mol. The summed E-state index contributed by atoms with van der Waals surface area (Å²) in [4.78, 5) is 14.2. The summed E-state index contributed by atoms with van der Waals surface area (Å²) in [5.41, 5.74) is 8.09. The van der Waals surface area contributed by atoms with Crippen LogP contribution >= 0.6 is 0 Å². The number of amides is 1. The van der Waals surface area contributed by atoms with E-state index >= 15 is 0 Å². The number of hydrogen-bond acceptors (Lipinski definition) is 3. The fraction of sp³-hybridized carbons (Fsp3) is 0.562. The van der Waals surface area contributed by atoms with Crippen molar-refractivity contribution in [2.24, 2.45) is 11.7 Å². The van der Waals surface area contributed by atoms with Gasteiger partial charge in [0.2, 0.25) is 5.91 Å². The van der Waals surface area contributed by atoms with Crippen LogP contribution in [0, 0.1) is 12.8 Å². The molecule has 2 rings (SSSR count). The van der Waals surface area contributed by atoms with Gasteiger partial charge in [0, 0.05) is 13.1 Å². The second kappa shape index (κ2) is 7.41. The normalized spacial score (nSPS) is 19.8. The fourth-order valence-corrected chi connectivity index (χ4v) is 2.65. The third kappa shape index (κ3) is 4.62. The molecular formula is C16H25N3O. The van der Waals surface area contributed by atoms with E-state index in [1.165, 1.54) is 12.0 Å². The summed E-state index contributed by atoms with van der Waals surface area (Å²) in [5.74, 6) is 0.650. The average molecular weight is 275 g/mol. The van der Waals surface area contributed by atoms with Gasteiger partial charge in [-0.3, -0.25) is 9.69 Å². The third-order valence-corrected chi connectivity index (χ3v) is 3.91. The van der Waals surface area contributed by atoms with Crippen LogP contribution in [0.1, 0.15) is 24.0 Å². The average Bonchev–Trinajstić information content (AvgIpc) is 2.47. The van der Waals surface area contributed by atoms with Crippen LogP contribution in [0.25, 0.3) is 0 Å². The highest BCUT2D eigenvalue weighted by Gasteiger charge is 2.20. The van der Waals surface area contributed by atoms with Gasteiger partial charge >= 0.3 is 0 Å². The van der Waals surface area contributed by atoms with Gasteiger partial charge in [-0.1, -0.05) is 29.8 Å². The molecule has 1 aromatic rings. The van der Waals surface area contributed by atoms with Crippen LogP contribution in [0.5, 0.6) is 0 Å². The maximum Gasteiger partial charge on any atom is 0.234 e. The number of piperidine rings is 1. The molecule has 1 fully saturated rings.